The molecule has 0 aliphatic rings. The van der Waals surface area contributed by atoms with E-state index in [1.54, 1.807) is 6.92 Å². The van der Waals surface area contributed by atoms with Crippen LogP contribution in [0.4, 0.5) is 10.1 Å². The minimum Gasteiger partial charge on any atom is -0.492 e. The Hall–Kier alpha value is -1.38. The van der Waals surface area contributed by atoms with Gasteiger partial charge in [-0.1, -0.05) is 6.92 Å². The van der Waals surface area contributed by atoms with Gasteiger partial charge in [-0.3, -0.25) is 0 Å². The van der Waals surface area contributed by atoms with Crippen LogP contribution in [0.25, 0.3) is 0 Å². The third-order valence-electron chi connectivity index (χ3n) is 2.79. The van der Waals surface area contributed by atoms with E-state index in [0.717, 1.165) is 6.07 Å². The predicted molar refractivity (Wildman–Crippen MR) is 73.7 cm³/mol. The van der Waals surface area contributed by atoms with Gasteiger partial charge in [0.2, 0.25) is 10.0 Å². The highest BCUT2D eigenvalue weighted by Gasteiger charge is 2.25. The quantitative estimate of drug-likeness (QED) is 0.762. The van der Waals surface area contributed by atoms with E-state index >= 15 is 0 Å². The van der Waals surface area contributed by atoms with Crippen molar-refractivity contribution >= 4 is 15.7 Å². The van der Waals surface area contributed by atoms with Crippen molar-refractivity contribution in [1.82, 2.24) is 4.31 Å². The molecule has 0 bridgehead atoms. The fraction of sp³-hybridized carbons (Fsp3) is 0.500. The number of nitrogens with two attached hydrogens (primary N) is 1. The topological polar surface area (TPSA) is 81.9 Å². The predicted octanol–water partition coefficient (Wildman–Crippen LogP) is 1.07. The lowest BCUT2D eigenvalue weighted by Crippen LogP contribution is -2.33. The van der Waals surface area contributed by atoms with Gasteiger partial charge >= 0.3 is 0 Å². The van der Waals surface area contributed by atoms with Gasteiger partial charge in [-0.15, -0.1) is 0 Å². The van der Waals surface area contributed by atoms with E-state index in [9.17, 15) is 12.8 Å². The first kappa shape index (κ1) is 16.7. The zero-order valence-electron chi connectivity index (χ0n) is 11.7. The van der Waals surface area contributed by atoms with E-state index in [4.69, 9.17) is 15.2 Å². The van der Waals surface area contributed by atoms with E-state index in [-0.39, 0.29) is 36.0 Å². The van der Waals surface area contributed by atoms with Gasteiger partial charge < -0.3 is 15.2 Å². The first-order valence-electron chi connectivity index (χ1n) is 6.00. The first-order chi connectivity index (χ1) is 9.38. The van der Waals surface area contributed by atoms with Crippen molar-refractivity contribution in [1.29, 1.82) is 0 Å². The third-order valence-corrected chi connectivity index (χ3v) is 4.74. The maximum atomic E-state index is 13.7. The summed E-state index contributed by atoms with van der Waals surface area (Å²) in [5.41, 5.74) is 5.54. The molecule has 2 N–H and O–H groups in total. The van der Waals surface area contributed by atoms with Crippen molar-refractivity contribution in [3.63, 3.8) is 0 Å². The van der Waals surface area contributed by atoms with Crippen molar-refractivity contribution in [3.8, 4) is 5.75 Å². The molecule has 0 aliphatic carbocycles. The highest BCUT2D eigenvalue weighted by Crippen LogP contribution is 2.29. The van der Waals surface area contributed by atoms with Crippen LogP contribution in [0.1, 0.15) is 6.92 Å². The Kier molecular flexibility index (Phi) is 5.73. The summed E-state index contributed by atoms with van der Waals surface area (Å²) in [4.78, 5) is -0.203. The SMILES string of the molecule is CCN(CCOC)S(=O)(=O)c1cc(N)c(OC)c(F)c1. The van der Waals surface area contributed by atoms with E-state index in [1.165, 1.54) is 24.6 Å². The lowest BCUT2D eigenvalue weighted by atomic mass is 10.3. The molecule has 0 aromatic heterocycles. The molecule has 0 heterocycles. The average Bonchev–Trinajstić information content (AvgIpc) is 2.39. The van der Waals surface area contributed by atoms with Crippen molar-refractivity contribution in [2.24, 2.45) is 0 Å². The molecule has 0 fully saturated rings. The number of likely N-dealkylation sites (N-methyl/N-ethyl adjacent to an activating group) is 1. The molecule has 0 aliphatic heterocycles. The molecule has 1 aromatic rings. The van der Waals surface area contributed by atoms with Crippen molar-refractivity contribution in [2.75, 3.05) is 39.6 Å². The first-order valence-corrected chi connectivity index (χ1v) is 7.44. The summed E-state index contributed by atoms with van der Waals surface area (Å²) in [5.74, 6) is -0.974. The smallest absolute Gasteiger partial charge is 0.243 e. The van der Waals surface area contributed by atoms with Gasteiger partial charge in [0, 0.05) is 20.2 Å². The molecular formula is C12H19FN2O4S. The number of rotatable bonds is 7. The van der Waals surface area contributed by atoms with E-state index in [0.29, 0.717) is 0 Å². The Bertz CT molecular complexity index is 540. The van der Waals surface area contributed by atoms with Crippen molar-refractivity contribution in [3.05, 3.63) is 17.9 Å². The molecule has 0 atom stereocenters. The van der Waals surface area contributed by atoms with E-state index in [1.807, 2.05) is 0 Å². The van der Waals surface area contributed by atoms with Crippen molar-refractivity contribution in [2.45, 2.75) is 11.8 Å². The fourth-order valence-corrected chi connectivity index (χ4v) is 3.22. The van der Waals surface area contributed by atoms with E-state index in [2.05, 4.69) is 0 Å². The number of methoxy groups -OCH3 is 2. The summed E-state index contributed by atoms with van der Waals surface area (Å²) < 4.78 is 49.3. The number of benzene rings is 1. The highest BCUT2D eigenvalue weighted by atomic mass is 32.2. The Morgan fingerprint density at radius 2 is 2.00 bits per heavy atom. The minimum absolute atomic E-state index is 0.0612. The second kappa shape index (κ2) is 6.87. The summed E-state index contributed by atoms with van der Waals surface area (Å²) in [6.07, 6.45) is 0. The number of nitrogens with zero attached hydrogens (tertiary/aromatic N) is 1. The Morgan fingerprint density at radius 3 is 2.45 bits per heavy atom. The van der Waals surface area contributed by atoms with Gasteiger partial charge in [0.1, 0.15) is 0 Å². The summed E-state index contributed by atoms with van der Waals surface area (Å²) in [6.45, 7) is 2.37. The molecule has 20 heavy (non-hydrogen) atoms. The largest absolute Gasteiger partial charge is 0.492 e. The standard InChI is InChI=1S/C12H19FN2O4S/c1-4-15(5-6-18-2)20(16,17)9-7-10(13)12(19-3)11(14)8-9/h7-8H,4-6,14H2,1-3H3. The molecule has 0 saturated carbocycles. The monoisotopic (exact) mass is 306 g/mol. The van der Waals surface area contributed by atoms with Crippen LogP contribution in [-0.4, -0.2) is 46.6 Å². The van der Waals surface area contributed by atoms with E-state index < -0.39 is 15.8 Å². The third kappa shape index (κ3) is 3.38. The number of anilines is 1. The molecule has 1 aromatic carbocycles. The van der Waals surface area contributed by atoms with Crippen molar-refractivity contribution < 1.29 is 22.3 Å². The van der Waals surface area contributed by atoms with Crippen LogP contribution in [0.15, 0.2) is 17.0 Å². The Balaban J connectivity index is 3.21. The molecule has 0 radical (unpaired) electrons. The molecule has 8 heteroatoms. The second-order valence-corrected chi connectivity index (χ2v) is 5.96. The number of halogens is 1. The van der Waals surface area contributed by atoms with Crippen LogP contribution < -0.4 is 10.5 Å². The molecule has 1 rings (SSSR count). The average molecular weight is 306 g/mol. The summed E-state index contributed by atoms with van der Waals surface area (Å²) in [7, 11) is -1.07. The molecule has 0 spiro atoms. The molecular weight excluding hydrogens is 287 g/mol. The van der Waals surface area contributed by atoms with Crippen LogP contribution in [0.3, 0.4) is 0 Å². The zero-order valence-corrected chi connectivity index (χ0v) is 12.5. The van der Waals surface area contributed by atoms with Gasteiger partial charge in [0.15, 0.2) is 11.6 Å². The summed E-state index contributed by atoms with van der Waals surface area (Å²) in [6, 6.07) is 2.09. The van der Waals surface area contributed by atoms with Crippen LogP contribution in [0.5, 0.6) is 5.75 Å². The maximum Gasteiger partial charge on any atom is 0.243 e. The van der Waals surface area contributed by atoms with Gasteiger partial charge in [0.05, 0.1) is 24.3 Å². The number of hydrogen-bond donors (Lipinski definition) is 1. The van der Waals surface area contributed by atoms with Gasteiger partial charge in [-0.25, -0.2) is 12.8 Å². The normalized spacial score (nSPS) is 11.8. The van der Waals surface area contributed by atoms with Crippen LogP contribution >= 0.6 is 0 Å². The Labute approximate surface area is 118 Å². The molecule has 0 saturated heterocycles. The zero-order chi connectivity index (χ0) is 15.3. The number of sulfonamides is 1. The number of ether oxygens (including phenoxy) is 2. The summed E-state index contributed by atoms with van der Waals surface area (Å²) in [5, 5.41) is 0. The van der Waals surface area contributed by atoms with Gasteiger partial charge in [-0.05, 0) is 12.1 Å². The second-order valence-electron chi connectivity index (χ2n) is 4.02. The van der Waals surface area contributed by atoms with Gasteiger partial charge in [0.25, 0.3) is 0 Å². The molecule has 0 unspecified atom stereocenters. The Morgan fingerprint density at radius 1 is 1.35 bits per heavy atom. The molecule has 0 amide bonds. The van der Waals surface area contributed by atoms with Crippen LogP contribution in [-0.2, 0) is 14.8 Å². The maximum absolute atomic E-state index is 13.7. The van der Waals surface area contributed by atoms with Crippen LogP contribution in [0.2, 0.25) is 0 Å². The van der Waals surface area contributed by atoms with Crippen LogP contribution in [0, 0.1) is 5.82 Å². The number of nitrogen functional groups attached to an aromatic ring is 1. The lowest BCUT2D eigenvalue weighted by molar-refractivity contribution is 0.180. The summed E-state index contributed by atoms with van der Waals surface area (Å²) >= 11 is 0. The van der Waals surface area contributed by atoms with Gasteiger partial charge in [-0.2, -0.15) is 4.31 Å². The molecule has 114 valence electrons. The number of hydrogen-bond acceptors (Lipinski definition) is 5. The molecule has 6 nitrogen and oxygen atoms in total. The minimum atomic E-state index is -3.82. The fourth-order valence-electron chi connectivity index (χ4n) is 1.74. The lowest BCUT2D eigenvalue weighted by Gasteiger charge is -2.20. The highest BCUT2D eigenvalue weighted by molar-refractivity contribution is 7.89.